The Bertz CT molecular complexity index is 2660. The highest BCUT2D eigenvalue weighted by molar-refractivity contribution is 5.97. The minimum absolute atomic E-state index is 0.00863. The molecule has 2 aromatic carbocycles. The van der Waals surface area contributed by atoms with E-state index in [4.69, 9.17) is 14.5 Å². The van der Waals surface area contributed by atoms with Crippen LogP contribution < -0.4 is 15.6 Å². The van der Waals surface area contributed by atoms with Crippen LogP contribution in [0, 0.1) is 17.3 Å². The van der Waals surface area contributed by atoms with E-state index in [-0.39, 0.29) is 55.7 Å². The summed E-state index contributed by atoms with van der Waals surface area (Å²) < 4.78 is 14.6. The number of aromatic hydroxyl groups is 1. The Morgan fingerprint density at radius 3 is 2.58 bits per heavy atom. The molecule has 4 aromatic rings. The molecule has 8 rings (SSSR count). The van der Waals surface area contributed by atoms with Gasteiger partial charge in [0.05, 0.1) is 24.3 Å². The van der Waals surface area contributed by atoms with Crippen LogP contribution in [0.15, 0.2) is 61.3 Å². The number of carbonyl (C=O) groups is 5. The molecule has 4 aliphatic rings. The molecule has 2 saturated heterocycles. The number of phenolic OH excluding ortho intramolecular Hbond substituents is 1. The van der Waals surface area contributed by atoms with Crippen molar-refractivity contribution in [3.63, 3.8) is 0 Å². The van der Waals surface area contributed by atoms with Crippen LogP contribution in [0.3, 0.4) is 0 Å². The first-order chi connectivity index (χ1) is 32.9. The molecule has 2 aromatic heterocycles. The number of benzene rings is 2. The topological polar surface area (TPSA) is 179 Å². The van der Waals surface area contributed by atoms with Crippen molar-refractivity contribution in [3.8, 4) is 28.1 Å². The molecular weight excluding hydrogens is 877 g/mol. The summed E-state index contributed by atoms with van der Waals surface area (Å²) in [7, 11) is 5.39. The number of nitrogens with zero attached hydrogens (tertiary/aromatic N) is 6. The fourth-order valence-electron chi connectivity index (χ4n) is 11.0. The fourth-order valence-corrected chi connectivity index (χ4v) is 11.0. The zero-order chi connectivity index (χ0) is 49.5. The first kappa shape index (κ1) is 49.2. The lowest BCUT2D eigenvalue weighted by molar-refractivity contribution is -0.155. The number of esters is 1. The van der Waals surface area contributed by atoms with Crippen LogP contribution >= 0.6 is 0 Å². The summed E-state index contributed by atoms with van der Waals surface area (Å²) in [4.78, 5) is 79.7. The third-order valence-corrected chi connectivity index (χ3v) is 14.5. The molecule has 368 valence electrons. The number of hydrazine groups is 1. The van der Waals surface area contributed by atoms with E-state index in [1.54, 1.807) is 31.2 Å². The summed E-state index contributed by atoms with van der Waals surface area (Å²) in [6, 6.07) is 10.7. The van der Waals surface area contributed by atoms with E-state index in [1.165, 1.54) is 16.0 Å². The van der Waals surface area contributed by atoms with Crippen LogP contribution in [0.1, 0.15) is 83.1 Å². The number of pyridine rings is 1. The number of rotatable bonds is 9. The van der Waals surface area contributed by atoms with Crippen molar-refractivity contribution in [2.75, 3.05) is 58.9 Å². The molecule has 5 atom stereocenters. The van der Waals surface area contributed by atoms with Crippen LogP contribution in [0.25, 0.3) is 33.3 Å². The van der Waals surface area contributed by atoms with Crippen LogP contribution in [0.2, 0.25) is 0 Å². The molecule has 4 amide bonds. The molecule has 0 radical (unpaired) electrons. The number of carbonyl (C=O) groups excluding carboxylic acids is 5. The van der Waals surface area contributed by atoms with Crippen LogP contribution in [0.5, 0.6) is 5.75 Å². The number of amides is 4. The zero-order valence-corrected chi connectivity index (χ0v) is 41.3. The molecule has 4 aliphatic heterocycles. The van der Waals surface area contributed by atoms with Crippen molar-refractivity contribution in [1.82, 2.24) is 35.1 Å². The molecule has 16 nitrogen and oxygen atoms in total. The Hall–Kier alpha value is -6.26. The lowest BCUT2D eigenvalue weighted by Crippen LogP contribution is -2.62. The largest absolute Gasteiger partial charge is 0.508 e. The van der Waals surface area contributed by atoms with Gasteiger partial charge in [0.2, 0.25) is 17.7 Å². The highest BCUT2D eigenvalue weighted by Gasteiger charge is 2.41. The Morgan fingerprint density at radius 1 is 1.07 bits per heavy atom. The van der Waals surface area contributed by atoms with Gasteiger partial charge in [0.1, 0.15) is 29.7 Å². The minimum Gasteiger partial charge on any atom is -0.508 e. The quantitative estimate of drug-likeness (QED) is 0.137. The van der Waals surface area contributed by atoms with E-state index >= 15 is 0 Å². The van der Waals surface area contributed by atoms with E-state index in [1.807, 2.05) is 32.2 Å². The average Bonchev–Trinajstić information content (AvgIpc) is 3.95. The number of likely N-dealkylation sites (N-methyl/N-ethyl adjacent to an activating group) is 1. The predicted molar refractivity (Wildman–Crippen MR) is 264 cm³/mol. The molecule has 2 fully saturated rings. The molecule has 0 spiro atoms. The van der Waals surface area contributed by atoms with Gasteiger partial charge in [-0.25, -0.2) is 10.4 Å². The first-order valence-corrected chi connectivity index (χ1v) is 24.4. The minimum atomic E-state index is -1.17. The van der Waals surface area contributed by atoms with Crippen molar-refractivity contribution in [2.24, 2.45) is 17.3 Å². The summed E-state index contributed by atoms with van der Waals surface area (Å²) in [5.41, 5.74) is 9.96. The van der Waals surface area contributed by atoms with Crippen molar-refractivity contribution >= 4 is 46.3 Å². The second-order valence-electron chi connectivity index (χ2n) is 20.4. The van der Waals surface area contributed by atoms with Gasteiger partial charge in [-0.3, -0.25) is 29.0 Å². The van der Waals surface area contributed by atoms with Gasteiger partial charge in [-0.1, -0.05) is 46.4 Å². The van der Waals surface area contributed by atoms with Gasteiger partial charge in [0, 0.05) is 94.0 Å². The lowest BCUT2D eigenvalue weighted by Gasteiger charge is -2.37. The summed E-state index contributed by atoms with van der Waals surface area (Å²) in [6.45, 7) is 16.1. The van der Waals surface area contributed by atoms with E-state index in [9.17, 15) is 29.1 Å². The number of methoxy groups -OCH3 is 1. The smallest absolute Gasteiger partial charge is 0.324 e. The third kappa shape index (κ3) is 9.83. The predicted octanol–water partition coefficient (Wildman–Crippen LogP) is 5.79. The molecule has 6 heterocycles. The van der Waals surface area contributed by atoms with E-state index in [2.05, 4.69) is 72.8 Å². The maximum Gasteiger partial charge on any atom is 0.324 e. The number of phenols is 1. The molecular formula is C53H68N8O8. The number of likely N-dealkylation sites (tertiary alicyclic amines) is 1. The summed E-state index contributed by atoms with van der Waals surface area (Å²) in [5, 5.41) is 16.8. The van der Waals surface area contributed by atoms with Gasteiger partial charge in [-0.05, 0) is 104 Å². The van der Waals surface area contributed by atoms with E-state index < -0.39 is 47.2 Å². The SMILES string of the molecule is C=CC(=O)N1CC[C@H](C(=O)N(C)C(C(=O)N[C@H]2Cc3cc(O)cc(c3)-c3ccc4c(c3)c(c(-c3ccnc5c3[C@@H](OC)CCN5C)n4CC)CC(C)(C)COC(=O)[C@@H]3CCCN(N3)C2=O)C(C)C)C1. The van der Waals surface area contributed by atoms with Crippen LogP contribution in [-0.4, -0.2) is 131 Å². The van der Waals surface area contributed by atoms with Crippen LogP contribution in [-0.2, 0) is 52.8 Å². The first-order valence-electron chi connectivity index (χ1n) is 24.4. The lowest BCUT2D eigenvalue weighted by atomic mass is 9.83. The standard InChI is InChI=1S/C53H68N8O8/c1-10-44(63)59-22-17-34(29-59)50(65)58(8)46(31(3)4)49(64)55-41-25-32-23-35(26-36(62)24-32)33-14-15-42-38(27-33)39(28-53(5,6)30-69-52(67)40-13-12-20-61(56-40)51(41)66)47(60(42)11-2)37-16-19-54-48-45(37)43(68-9)18-21-57(48)7/h10,14-16,19,23-24,26-27,31,34,40-41,43,46,56,62H,1,11-13,17-18,20-22,25,28-30H2,2-9H3,(H,55,64)/t34-,40-,41-,43-,46?/m0/s1. The monoisotopic (exact) mass is 945 g/mol. The third-order valence-electron chi connectivity index (χ3n) is 14.5. The van der Waals surface area contributed by atoms with Crippen molar-refractivity contribution in [2.45, 2.75) is 104 Å². The molecule has 69 heavy (non-hydrogen) atoms. The Labute approximate surface area is 404 Å². The van der Waals surface area contributed by atoms with Crippen molar-refractivity contribution < 1.29 is 38.6 Å². The van der Waals surface area contributed by atoms with Gasteiger partial charge >= 0.3 is 5.97 Å². The fraction of sp³-hybridized carbons (Fsp3) is 0.509. The number of nitrogens with one attached hydrogen (secondary N) is 2. The number of aryl methyl sites for hydroxylation is 1. The number of hydrogen-bond donors (Lipinski definition) is 3. The van der Waals surface area contributed by atoms with Crippen LogP contribution in [0.4, 0.5) is 5.82 Å². The average molecular weight is 945 g/mol. The number of fused-ring (bicyclic) bond motifs is 7. The number of hydrogen-bond acceptors (Lipinski definition) is 11. The zero-order valence-electron chi connectivity index (χ0n) is 41.3. The molecule has 0 saturated carbocycles. The maximum absolute atomic E-state index is 14.8. The van der Waals surface area contributed by atoms with Gasteiger partial charge in [-0.15, -0.1) is 0 Å². The van der Waals surface area contributed by atoms with E-state index in [0.717, 1.165) is 63.2 Å². The molecule has 0 aliphatic carbocycles. The van der Waals surface area contributed by atoms with Gasteiger partial charge < -0.3 is 39.2 Å². The number of ether oxygens (including phenoxy) is 2. The summed E-state index contributed by atoms with van der Waals surface area (Å²) in [5.74, 6) is -1.97. The van der Waals surface area contributed by atoms with Gasteiger partial charge in [0.25, 0.3) is 5.91 Å². The molecule has 16 heteroatoms. The Morgan fingerprint density at radius 2 is 1.86 bits per heavy atom. The van der Waals surface area contributed by atoms with Gasteiger partial charge in [-0.2, -0.15) is 0 Å². The normalized spacial score (nSPS) is 22.2. The molecule has 3 N–H and O–H groups in total. The maximum atomic E-state index is 14.8. The Kier molecular flexibility index (Phi) is 14.2. The summed E-state index contributed by atoms with van der Waals surface area (Å²) >= 11 is 0. The second-order valence-corrected chi connectivity index (χ2v) is 20.4. The number of cyclic esters (lactones) is 1. The Balaban J connectivity index is 1.21. The van der Waals surface area contributed by atoms with Gasteiger partial charge in [0.15, 0.2) is 0 Å². The van der Waals surface area contributed by atoms with E-state index in [0.29, 0.717) is 44.3 Å². The number of anilines is 1. The summed E-state index contributed by atoms with van der Waals surface area (Å²) in [6.07, 6.45) is 5.68. The van der Waals surface area contributed by atoms with Crippen molar-refractivity contribution in [3.05, 3.63) is 78.0 Å². The highest BCUT2D eigenvalue weighted by atomic mass is 16.5. The molecule has 1 unspecified atom stereocenters. The van der Waals surface area contributed by atoms with Crippen molar-refractivity contribution in [1.29, 1.82) is 0 Å². The second kappa shape index (κ2) is 20.0. The number of aromatic nitrogens is 2. The molecule has 6 bridgehead atoms. The highest BCUT2D eigenvalue weighted by Crippen LogP contribution is 2.46.